The summed E-state index contributed by atoms with van der Waals surface area (Å²) in [5.41, 5.74) is 2.11. The molecule has 140 valence electrons. The monoisotopic (exact) mass is 398 g/mol. The molecule has 0 aliphatic heterocycles. The normalized spacial score (nSPS) is 16.3. The van der Waals surface area contributed by atoms with Crippen molar-refractivity contribution >= 4 is 39.1 Å². The van der Waals surface area contributed by atoms with Crippen LogP contribution in [0.25, 0.3) is 10.2 Å². The molecule has 1 aliphatic rings. The van der Waals surface area contributed by atoms with Gasteiger partial charge in [-0.3, -0.25) is 4.79 Å². The number of aromatic nitrogens is 2. The van der Waals surface area contributed by atoms with E-state index < -0.39 is 0 Å². The summed E-state index contributed by atoms with van der Waals surface area (Å²) >= 11 is 3.31. The van der Waals surface area contributed by atoms with Gasteiger partial charge in [0.2, 0.25) is 0 Å². The van der Waals surface area contributed by atoms with Gasteiger partial charge in [0, 0.05) is 15.8 Å². The molecule has 0 amide bonds. The minimum Gasteiger partial charge on any atom is -0.494 e. The Bertz CT molecular complexity index is 966. The zero-order valence-electron chi connectivity index (χ0n) is 15.5. The lowest BCUT2D eigenvalue weighted by atomic mass is 9.89. The van der Waals surface area contributed by atoms with E-state index in [4.69, 9.17) is 4.74 Å². The van der Waals surface area contributed by atoms with Gasteiger partial charge in [-0.25, -0.2) is 9.97 Å². The molecule has 0 spiro atoms. The number of thiophene rings is 1. The molecule has 0 bridgehead atoms. The maximum Gasteiger partial charge on any atom is 0.173 e. The molecule has 4 rings (SSSR count). The predicted molar refractivity (Wildman–Crippen MR) is 111 cm³/mol. The van der Waals surface area contributed by atoms with Crippen molar-refractivity contribution in [1.82, 2.24) is 9.97 Å². The van der Waals surface area contributed by atoms with E-state index in [1.165, 1.54) is 34.0 Å². The summed E-state index contributed by atoms with van der Waals surface area (Å²) in [6, 6.07) is 7.36. The second kappa shape index (κ2) is 7.98. The molecule has 0 saturated carbocycles. The zero-order chi connectivity index (χ0) is 18.8. The molecule has 0 saturated heterocycles. The number of nitrogens with zero attached hydrogens (tertiary/aromatic N) is 2. The summed E-state index contributed by atoms with van der Waals surface area (Å²) in [4.78, 5) is 24.1. The van der Waals surface area contributed by atoms with Crippen LogP contribution in [-0.4, -0.2) is 28.1 Å². The Morgan fingerprint density at radius 1 is 1.30 bits per heavy atom. The number of thioether (sulfide) groups is 1. The molecule has 4 nitrogen and oxygen atoms in total. The number of benzene rings is 1. The van der Waals surface area contributed by atoms with Crippen LogP contribution >= 0.6 is 23.1 Å². The highest BCUT2D eigenvalue weighted by Crippen LogP contribution is 2.40. The van der Waals surface area contributed by atoms with E-state index in [1.54, 1.807) is 17.7 Å². The Morgan fingerprint density at radius 2 is 2.11 bits per heavy atom. The van der Waals surface area contributed by atoms with Gasteiger partial charge in [0.05, 0.1) is 12.4 Å². The molecule has 2 heterocycles. The molecule has 0 N–H and O–H groups in total. The minimum absolute atomic E-state index is 0.104. The van der Waals surface area contributed by atoms with Crippen molar-refractivity contribution in [2.24, 2.45) is 5.92 Å². The van der Waals surface area contributed by atoms with E-state index in [1.807, 2.05) is 31.2 Å². The maximum atomic E-state index is 12.6. The number of carbonyl (C=O) groups excluding carboxylic acids is 1. The van der Waals surface area contributed by atoms with Gasteiger partial charge < -0.3 is 4.74 Å². The molecule has 1 aliphatic carbocycles. The number of hydrogen-bond donors (Lipinski definition) is 0. The van der Waals surface area contributed by atoms with E-state index in [2.05, 4.69) is 16.9 Å². The second-order valence-corrected chi connectivity index (χ2v) is 8.93. The molecule has 3 aromatic rings. The fourth-order valence-corrected chi connectivity index (χ4v) is 5.81. The van der Waals surface area contributed by atoms with Crippen molar-refractivity contribution in [3.05, 3.63) is 46.6 Å². The van der Waals surface area contributed by atoms with Gasteiger partial charge in [0.15, 0.2) is 5.78 Å². The number of Topliss-reactive ketones (excluding diaryl/α,β-unsaturated/α-hetero) is 1. The number of carbonyl (C=O) groups is 1. The lowest BCUT2D eigenvalue weighted by Crippen LogP contribution is -2.09. The van der Waals surface area contributed by atoms with E-state index in [9.17, 15) is 4.79 Å². The van der Waals surface area contributed by atoms with Crippen LogP contribution in [0.15, 0.2) is 35.6 Å². The molecule has 0 radical (unpaired) electrons. The molecular weight excluding hydrogens is 376 g/mol. The lowest BCUT2D eigenvalue weighted by molar-refractivity contribution is 0.102. The van der Waals surface area contributed by atoms with Crippen LogP contribution in [0.3, 0.4) is 0 Å². The van der Waals surface area contributed by atoms with E-state index in [0.29, 0.717) is 17.9 Å². The molecule has 6 heteroatoms. The first kappa shape index (κ1) is 18.4. The second-order valence-electron chi connectivity index (χ2n) is 6.88. The highest BCUT2D eigenvalue weighted by atomic mass is 32.2. The summed E-state index contributed by atoms with van der Waals surface area (Å²) in [5, 5.41) is 2.11. The van der Waals surface area contributed by atoms with Crippen LogP contribution in [0.4, 0.5) is 0 Å². The number of fused-ring (bicyclic) bond motifs is 3. The van der Waals surface area contributed by atoms with Crippen molar-refractivity contribution in [3.8, 4) is 5.75 Å². The SMILES string of the molecule is CCOc1ccc(C(=O)CSc2ncnc3sc4c(c23)CCC(C)C4)cc1. The van der Waals surface area contributed by atoms with Gasteiger partial charge >= 0.3 is 0 Å². The highest BCUT2D eigenvalue weighted by molar-refractivity contribution is 8.00. The molecule has 2 aromatic heterocycles. The van der Waals surface area contributed by atoms with Crippen molar-refractivity contribution < 1.29 is 9.53 Å². The quantitative estimate of drug-likeness (QED) is 0.325. The van der Waals surface area contributed by atoms with Crippen molar-refractivity contribution in [2.75, 3.05) is 12.4 Å². The highest BCUT2D eigenvalue weighted by Gasteiger charge is 2.23. The van der Waals surface area contributed by atoms with Crippen LogP contribution in [0.2, 0.25) is 0 Å². The van der Waals surface area contributed by atoms with Crippen molar-refractivity contribution in [2.45, 2.75) is 38.1 Å². The fraction of sp³-hybridized carbons (Fsp3) is 0.381. The predicted octanol–water partition coefficient (Wildman–Crippen LogP) is 5.19. The first-order valence-corrected chi connectivity index (χ1v) is 11.1. The Labute approximate surface area is 167 Å². The van der Waals surface area contributed by atoms with E-state index >= 15 is 0 Å². The number of hydrogen-bond acceptors (Lipinski definition) is 6. The standard InChI is InChI=1S/C21H22N2O2S2/c1-3-25-15-7-5-14(6-8-15)17(24)11-26-20-19-16-9-4-13(2)10-18(16)27-21(19)23-12-22-20/h5-8,12-13H,3-4,9-11H2,1-2H3. The average Bonchev–Trinajstić information content (AvgIpc) is 3.05. The number of rotatable bonds is 6. The van der Waals surface area contributed by atoms with Crippen molar-refractivity contribution in [1.29, 1.82) is 0 Å². The minimum atomic E-state index is 0.104. The Kier molecular flexibility index (Phi) is 5.45. The van der Waals surface area contributed by atoms with Crippen LogP contribution < -0.4 is 4.74 Å². The van der Waals surface area contributed by atoms with Crippen molar-refractivity contribution in [3.63, 3.8) is 0 Å². The third-order valence-corrected chi connectivity index (χ3v) is 7.04. The molecule has 1 atom stereocenters. The summed E-state index contributed by atoms with van der Waals surface area (Å²) in [6.45, 7) is 4.88. The average molecular weight is 399 g/mol. The van der Waals surface area contributed by atoms with Crippen LogP contribution in [-0.2, 0) is 12.8 Å². The topological polar surface area (TPSA) is 52.1 Å². The summed E-state index contributed by atoms with van der Waals surface area (Å²) in [5.74, 6) is 2.00. The van der Waals surface area contributed by atoms with Crippen LogP contribution in [0, 0.1) is 5.92 Å². The Hall–Kier alpha value is -1.92. The van der Waals surface area contributed by atoms with Crippen LogP contribution in [0.1, 0.15) is 41.1 Å². The molecular formula is C21H22N2O2S2. The fourth-order valence-electron chi connectivity index (χ4n) is 3.48. The van der Waals surface area contributed by atoms with Crippen LogP contribution in [0.5, 0.6) is 5.75 Å². The molecule has 1 unspecified atom stereocenters. The number of ketones is 1. The van der Waals surface area contributed by atoms with E-state index in [-0.39, 0.29) is 5.78 Å². The summed E-state index contributed by atoms with van der Waals surface area (Å²) in [7, 11) is 0. The molecule has 0 fully saturated rings. The maximum absolute atomic E-state index is 12.6. The van der Waals surface area contributed by atoms with Gasteiger partial charge in [-0.15, -0.1) is 11.3 Å². The third kappa shape index (κ3) is 3.87. The van der Waals surface area contributed by atoms with Gasteiger partial charge in [0.1, 0.15) is 21.9 Å². The first-order chi connectivity index (χ1) is 13.2. The first-order valence-electron chi connectivity index (χ1n) is 9.29. The van der Waals surface area contributed by atoms with E-state index in [0.717, 1.165) is 34.4 Å². The molecule has 27 heavy (non-hydrogen) atoms. The van der Waals surface area contributed by atoms with Gasteiger partial charge in [-0.2, -0.15) is 0 Å². The largest absolute Gasteiger partial charge is 0.494 e. The van der Waals surface area contributed by atoms with Gasteiger partial charge in [-0.05, 0) is 61.9 Å². The smallest absolute Gasteiger partial charge is 0.173 e. The third-order valence-electron chi connectivity index (χ3n) is 4.88. The van der Waals surface area contributed by atoms with Gasteiger partial charge in [-0.1, -0.05) is 18.7 Å². The number of ether oxygens (including phenoxy) is 1. The molecule has 1 aromatic carbocycles. The van der Waals surface area contributed by atoms with Gasteiger partial charge in [0.25, 0.3) is 0 Å². The lowest BCUT2D eigenvalue weighted by Gasteiger charge is -2.18. The number of aryl methyl sites for hydroxylation is 1. The summed E-state index contributed by atoms with van der Waals surface area (Å²) < 4.78 is 5.44. The summed E-state index contributed by atoms with van der Waals surface area (Å²) in [6.07, 6.45) is 5.05. The zero-order valence-corrected chi connectivity index (χ0v) is 17.2. The Morgan fingerprint density at radius 3 is 2.89 bits per heavy atom. The Balaban J connectivity index is 1.53.